The van der Waals surface area contributed by atoms with Gasteiger partial charge in [-0.1, -0.05) is 60.2 Å². The molecule has 0 saturated carbocycles. The van der Waals surface area contributed by atoms with Crippen LogP contribution in [0.2, 0.25) is 0 Å². The summed E-state index contributed by atoms with van der Waals surface area (Å²) in [4.78, 5) is 6.50. The number of aromatic nitrogens is 1. The zero-order valence-corrected chi connectivity index (χ0v) is 12.8. The van der Waals surface area contributed by atoms with Crippen molar-refractivity contribution in [3.63, 3.8) is 0 Å². The molecule has 0 radical (unpaired) electrons. The lowest BCUT2D eigenvalue weighted by Crippen LogP contribution is -2.22. The molecule has 0 aliphatic heterocycles. The Balaban J connectivity index is 1.84. The van der Waals surface area contributed by atoms with Crippen molar-refractivity contribution in [2.75, 3.05) is 4.90 Å². The molecule has 2 nitrogen and oxygen atoms in total. The third kappa shape index (κ3) is 3.73. The summed E-state index contributed by atoms with van der Waals surface area (Å²) in [6, 6.07) is 23.5. The van der Waals surface area contributed by atoms with E-state index in [2.05, 4.69) is 83.5 Å². The van der Waals surface area contributed by atoms with Gasteiger partial charge in [0.1, 0.15) is 0 Å². The molecule has 3 aromatic rings. The first-order valence-electron chi connectivity index (χ1n) is 7.56. The minimum atomic E-state index is 0.888. The van der Waals surface area contributed by atoms with Gasteiger partial charge >= 0.3 is 0 Å². The molecule has 3 rings (SSSR count). The average Bonchev–Trinajstić information content (AvgIpc) is 2.58. The first kappa shape index (κ1) is 14.3. The summed E-state index contributed by atoms with van der Waals surface area (Å²) in [5.41, 5.74) is 5.12. The Morgan fingerprint density at radius 1 is 0.727 bits per heavy atom. The highest BCUT2D eigenvalue weighted by Crippen LogP contribution is 2.19. The van der Waals surface area contributed by atoms with E-state index in [0.717, 1.165) is 13.1 Å². The summed E-state index contributed by atoms with van der Waals surface area (Å²) >= 11 is 0. The molecule has 0 aliphatic carbocycles. The number of benzene rings is 2. The van der Waals surface area contributed by atoms with Crippen LogP contribution in [-0.2, 0) is 13.1 Å². The standard InChI is InChI=1S/C20H20N2/c1-17-7-9-19(10-8-17)16-22(20-11-13-21-14-12-20)15-18-5-3-2-4-6-18/h2-14H,15-16H2,1H3. The van der Waals surface area contributed by atoms with Crippen LogP contribution in [0.25, 0.3) is 0 Å². The molecule has 1 aromatic heterocycles. The average molecular weight is 288 g/mol. The van der Waals surface area contributed by atoms with E-state index in [1.807, 2.05) is 12.4 Å². The molecule has 2 aromatic carbocycles. The van der Waals surface area contributed by atoms with Crippen LogP contribution in [0, 0.1) is 6.92 Å². The zero-order valence-electron chi connectivity index (χ0n) is 12.8. The van der Waals surface area contributed by atoms with E-state index < -0.39 is 0 Å². The monoisotopic (exact) mass is 288 g/mol. The van der Waals surface area contributed by atoms with Crippen molar-refractivity contribution < 1.29 is 0 Å². The van der Waals surface area contributed by atoms with Crippen molar-refractivity contribution in [1.29, 1.82) is 0 Å². The highest BCUT2D eigenvalue weighted by molar-refractivity contribution is 5.46. The first-order valence-corrected chi connectivity index (χ1v) is 7.56. The Morgan fingerprint density at radius 3 is 1.95 bits per heavy atom. The maximum Gasteiger partial charge on any atom is 0.0433 e. The molecule has 110 valence electrons. The van der Waals surface area contributed by atoms with Gasteiger partial charge in [-0.3, -0.25) is 4.98 Å². The molecule has 0 spiro atoms. The lowest BCUT2D eigenvalue weighted by molar-refractivity contribution is 0.798. The van der Waals surface area contributed by atoms with Crippen molar-refractivity contribution in [2.45, 2.75) is 20.0 Å². The second-order valence-corrected chi connectivity index (χ2v) is 5.53. The minimum Gasteiger partial charge on any atom is -0.363 e. The Morgan fingerprint density at radius 2 is 1.32 bits per heavy atom. The predicted octanol–water partition coefficient (Wildman–Crippen LogP) is 4.60. The van der Waals surface area contributed by atoms with E-state index in [-0.39, 0.29) is 0 Å². The van der Waals surface area contributed by atoms with Crippen molar-refractivity contribution in [2.24, 2.45) is 0 Å². The van der Waals surface area contributed by atoms with E-state index in [0.29, 0.717) is 0 Å². The quantitative estimate of drug-likeness (QED) is 0.682. The maximum absolute atomic E-state index is 4.13. The van der Waals surface area contributed by atoms with Crippen molar-refractivity contribution in [3.8, 4) is 0 Å². The van der Waals surface area contributed by atoms with Gasteiger partial charge in [-0.2, -0.15) is 0 Å². The van der Waals surface area contributed by atoms with Gasteiger partial charge in [0.05, 0.1) is 0 Å². The fourth-order valence-corrected chi connectivity index (χ4v) is 2.51. The Hall–Kier alpha value is -2.61. The molecule has 0 fully saturated rings. The van der Waals surface area contributed by atoms with Gasteiger partial charge in [-0.05, 0) is 30.2 Å². The van der Waals surface area contributed by atoms with Gasteiger partial charge < -0.3 is 4.90 Å². The molecule has 2 heteroatoms. The third-order valence-electron chi connectivity index (χ3n) is 3.74. The van der Waals surface area contributed by atoms with E-state index in [4.69, 9.17) is 0 Å². The molecule has 0 aliphatic rings. The number of anilines is 1. The maximum atomic E-state index is 4.13. The lowest BCUT2D eigenvalue weighted by atomic mass is 10.1. The molecular weight excluding hydrogens is 268 g/mol. The van der Waals surface area contributed by atoms with Crippen LogP contribution in [-0.4, -0.2) is 4.98 Å². The van der Waals surface area contributed by atoms with E-state index in [1.54, 1.807) is 0 Å². The topological polar surface area (TPSA) is 16.1 Å². The van der Waals surface area contributed by atoms with Gasteiger partial charge in [0.15, 0.2) is 0 Å². The smallest absolute Gasteiger partial charge is 0.0433 e. The largest absolute Gasteiger partial charge is 0.363 e. The van der Waals surface area contributed by atoms with Crippen LogP contribution in [0.4, 0.5) is 5.69 Å². The highest BCUT2D eigenvalue weighted by Gasteiger charge is 2.08. The predicted molar refractivity (Wildman–Crippen MR) is 91.7 cm³/mol. The Labute approximate surface area is 132 Å². The van der Waals surface area contributed by atoms with Crippen molar-refractivity contribution in [1.82, 2.24) is 4.98 Å². The molecule has 0 bridgehead atoms. The van der Waals surface area contributed by atoms with E-state index in [1.165, 1.54) is 22.4 Å². The summed E-state index contributed by atoms with van der Waals surface area (Å²) in [6.07, 6.45) is 3.70. The molecule has 1 heterocycles. The third-order valence-corrected chi connectivity index (χ3v) is 3.74. The van der Waals surface area contributed by atoms with Gasteiger partial charge in [0.25, 0.3) is 0 Å². The summed E-state index contributed by atoms with van der Waals surface area (Å²) in [7, 11) is 0. The molecule has 0 amide bonds. The highest BCUT2D eigenvalue weighted by atomic mass is 15.1. The van der Waals surface area contributed by atoms with Gasteiger partial charge in [0.2, 0.25) is 0 Å². The Bertz CT molecular complexity index is 691. The summed E-state index contributed by atoms with van der Waals surface area (Å²) in [5, 5.41) is 0. The van der Waals surface area contributed by atoms with Crippen LogP contribution >= 0.6 is 0 Å². The first-order chi connectivity index (χ1) is 10.8. The summed E-state index contributed by atoms with van der Waals surface area (Å²) in [6.45, 7) is 3.90. The summed E-state index contributed by atoms with van der Waals surface area (Å²) in [5.74, 6) is 0. The van der Waals surface area contributed by atoms with Crippen molar-refractivity contribution >= 4 is 5.69 Å². The number of aryl methyl sites for hydroxylation is 1. The number of hydrogen-bond donors (Lipinski definition) is 0. The second-order valence-electron chi connectivity index (χ2n) is 5.53. The molecular formula is C20H20N2. The number of pyridine rings is 1. The van der Waals surface area contributed by atoms with Crippen LogP contribution in [0.3, 0.4) is 0 Å². The number of rotatable bonds is 5. The Kier molecular flexibility index (Phi) is 4.50. The summed E-state index contributed by atoms with van der Waals surface area (Å²) < 4.78 is 0. The van der Waals surface area contributed by atoms with Crippen molar-refractivity contribution in [3.05, 3.63) is 95.8 Å². The van der Waals surface area contributed by atoms with Gasteiger partial charge in [0, 0.05) is 31.2 Å². The molecule has 0 saturated heterocycles. The van der Waals surface area contributed by atoms with E-state index in [9.17, 15) is 0 Å². The normalized spacial score (nSPS) is 10.4. The van der Waals surface area contributed by atoms with Crippen LogP contribution < -0.4 is 4.90 Å². The molecule has 22 heavy (non-hydrogen) atoms. The molecule has 0 N–H and O–H groups in total. The fourth-order valence-electron chi connectivity index (χ4n) is 2.51. The minimum absolute atomic E-state index is 0.888. The number of nitrogens with zero attached hydrogens (tertiary/aromatic N) is 2. The van der Waals surface area contributed by atoms with Crippen LogP contribution in [0.1, 0.15) is 16.7 Å². The lowest BCUT2D eigenvalue weighted by Gasteiger charge is -2.25. The van der Waals surface area contributed by atoms with E-state index >= 15 is 0 Å². The van der Waals surface area contributed by atoms with Gasteiger partial charge in [-0.15, -0.1) is 0 Å². The number of hydrogen-bond acceptors (Lipinski definition) is 2. The molecule has 0 unspecified atom stereocenters. The van der Waals surface area contributed by atoms with Crippen LogP contribution in [0.5, 0.6) is 0 Å². The second kappa shape index (κ2) is 6.90. The van der Waals surface area contributed by atoms with Crippen LogP contribution in [0.15, 0.2) is 79.1 Å². The van der Waals surface area contributed by atoms with Gasteiger partial charge in [-0.25, -0.2) is 0 Å². The molecule has 0 atom stereocenters. The fraction of sp³-hybridized carbons (Fsp3) is 0.150. The zero-order chi connectivity index (χ0) is 15.2. The SMILES string of the molecule is Cc1ccc(CN(Cc2ccccc2)c2ccncc2)cc1.